The van der Waals surface area contributed by atoms with Crippen molar-refractivity contribution < 1.29 is 27.1 Å². The van der Waals surface area contributed by atoms with Gasteiger partial charge >= 0.3 is 12.4 Å². The first-order valence-electron chi connectivity index (χ1n) is 2.50. The molecule has 0 unspecified atom stereocenters. The number of halogens is 4. The topological polar surface area (TPSA) is 26.3 Å². The predicted octanol–water partition coefficient (Wildman–Crippen LogP) is 1.58. The lowest BCUT2D eigenvalue weighted by Gasteiger charge is -1.97. The Morgan fingerprint density at radius 1 is 1.45 bits per heavy atom. The molecule has 0 aliphatic heterocycles. The first kappa shape index (κ1) is 9.93. The van der Waals surface area contributed by atoms with Crippen LogP contribution in [-0.2, 0) is 9.53 Å². The maximum absolute atomic E-state index is 11.3. The molecule has 2 nitrogen and oxygen atoms in total. The Balaban J connectivity index is 3.56. The summed E-state index contributed by atoms with van der Waals surface area (Å²) in [5, 5.41) is 0. The van der Waals surface area contributed by atoms with Crippen LogP contribution < -0.4 is 0 Å². The standard InChI is InChI=1S/C5H4F4O2/c6-3(7)1-2-11-5(10)4(8)9/h1,4H,2H2. The average Bonchev–Trinajstić information content (AvgIpc) is 1.86. The Morgan fingerprint density at radius 2 is 2.00 bits per heavy atom. The van der Waals surface area contributed by atoms with Gasteiger partial charge in [0, 0.05) is 6.08 Å². The molecule has 0 aromatic carbocycles. The van der Waals surface area contributed by atoms with Crippen molar-refractivity contribution in [2.75, 3.05) is 6.61 Å². The van der Waals surface area contributed by atoms with E-state index in [-0.39, 0.29) is 6.08 Å². The minimum Gasteiger partial charge on any atom is -0.457 e. The Kier molecular flexibility index (Phi) is 4.24. The fourth-order valence-corrected chi connectivity index (χ4v) is 0.250. The van der Waals surface area contributed by atoms with Crippen molar-refractivity contribution >= 4 is 5.97 Å². The molecule has 0 heterocycles. The molecule has 0 aromatic rings. The van der Waals surface area contributed by atoms with Crippen molar-refractivity contribution in [1.82, 2.24) is 0 Å². The van der Waals surface area contributed by atoms with E-state index in [1.165, 1.54) is 0 Å². The van der Waals surface area contributed by atoms with E-state index in [0.717, 1.165) is 0 Å². The van der Waals surface area contributed by atoms with E-state index < -0.39 is 25.1 Å². The average molecular weight is 172 g/mol. The number of carbonyl (C=O) groups is 1. The third-order valence-electron chi connectivity index (χ3n) is 0.641. The second kappa shape index (κ2) is 4.70. The van der Waals surface area contributed by atoms with Gasteiger partial charge in [0.25, 0.3) is 6.08 Å². The Labute approximate surface area is 59.4 Å². The molecule has 0 saturated heterocycles. The summed E-state index contributed by atoms with van der Waals surface area (Å²) in [6, 6.07) is 0. The van der Waals surface area contributed by atoms with Crippen LogP contribution in [0.15, 0.2) is 12.2 Å². The van der Waals surface area contributed by atoms with E-state index in [9.17, 15) is 22.4 Å². The summed E-state index contributed by atoms with van der Waals surface area (Å²) in [5.74, 6) is -1.80. The Morgan fingerprint density at radius 3 is 2.36 bits per heavy atom. The molecule has 0 aliphatic rings. The zero-order valence-corrected chi connectivity index (χ0v) is 5.19. The van der Waals surface area contributed by atoms with E-state index in [1.807, 2.05) is 0 Å². The van der Waals surface area contributed by atoms with Gasteiger partial charge in [-0.2, -0.15) is 17.6 Å². The number of esters is 1. The van der Waals surface area contributed by atoms with Crippen molar-refractivity contribution in [2.45, 2.75) is 6.43 Å². The highest BCUT2D eigenvalue weighted by Crippen LogP contribution is 1.98. The molecule has 0 rings (SSSR count). The highest BCUT2D eigenvalue weighted by Gasteiger charge is 2.15. The fraction of sp³-hybridized carbons (Fsp3) is 0.400. The molecule has 0 spiro atoms. The minimum atomic E-state index is -3.27. The Hall–Kier alpha value is -1.07. The molecular formula is C5H4F4O2. The summed E-state index contributed by atoms with van der Waals surface area (Å²) in [5.41, 5.74) is 0. The summed E-state index contributed by atoms with van der Waals surface area (Å²) >= 11 is 0. The minimum absolute atomic E-state index is 0.222. The summed E-state index contributed by atoms with van der Waals surface area (Å²) in [4.78, 5) is 9.88. The van der Waals surface area contributed by atoms with Crippen LogP contribution in [0.1, 0.15) is 0 Å². The van der Waals surface area contributed by atoms with Gasteiger partial charge in [-0.15, -0.1) is 0 Å². The van der Waals surface area contributed by atoms with Crippen LogP contribution in [0.5, 0.6) is 0 Å². The molecule has 0 saturated carbocycles. The fourth-order valence-electron chi connectivity index (χ4n) is 0.250. The maximum Gasteiger partial charge on any atom is 0.374 e. The van der Waals surface area contributed by atoms with Gasteiger partial charge in [-0.3, -0.25) is 0 Å². The number of alkyl halides is 2. The van der Waals surface area contributed by atoms with Gasteiger partial charge in [0.2, 0.25) is 0 Å². The third kappa shape index (κ3) is 5.38. The molecule has 0 radical (unpaired) electrons. The second-order valence-electron chi connectivity index (χ2n) is 1.42. The zero-order chi connectivity index (χ0) is 8.85. The molecule has 11 heavy (non-hydrogen) atoms. The highest BCUT2D eigenvalue weighted by molar-refractivity contribution is 5.72. The van der Waals surface area contributed by atoms with Crippen LogP contribution in [0.4, 0.5) is 17.6 Å². The Bertz CT molecular complexity index is 162. The number of hydrogen-bond acceptors (Lipinski definition) is 2. The van der Waals surface area contributed by atoms with Gasteiger partial charge in [-0.05, 0) is 0 Å². The second-order valence-corrected chi connectivity index (χ2v) is 1.42. The molecular weight excluding hydrogens is 168 g/mol. The van der Waals surface area contributed by atoms with Crippen molar-refractivity contribution in [3.63, 3.8) is 0 Å². The van der Waals surface area contributed by atoms with E-state index >= 15 is 0 Å². The summed E-state index contributed by atoms with van der Waals surface area (Å²) in [7, 11) is 0. The number of carbonyl (C=O) groups excluding carboxylic acids is 1. The van der Waals surface area contributed by atoms with E-state index in [4.69, 9.17) is 0 Å². The molecule has 0 aliphatic carbocycles. The molecule has 0 atom stereocenters. The van der Waals surface area contributed by atoms with Crippen molar-refractivity contribution in [2.24, 2.45) is 0 Å². The third-order valence-corrected chi connectivity index (χ3v) is 0.641. The number of rotatable bonds is 3. The van der Waals surface area contributed by atoms with Crippen molar-refractivity contribution in [3.8, 4) is 0 Å². The molecule has 0 fully saturated rings. The smallest absolute Gasteiger partial charge is 0.374 e. The lowest BCUT2D eigenvalue weighted by molar-refractivity contribution is -0.155. The van der Waals surface area contributed by atoms with E-state index in [0.29, 0.717) is 0 Å². The quantitative estimate of drug-likeness (QED) is 0.477. The molecule has 0 bridgehead atoms. The molecule has 0 N–H and O–H groups in total. The van der Waals surface area contributed by atoms with Gasteiger partial charge in [0.1, 0.15) is 6.61 Å². The lowest BCUT2D eigenvalue weighted by Crippen LogP contribution is -2.13. The van der Waals surface area contributed by atoms with E-state index in [2.05, 4.69) is 4.74 Å². The predicted molar refractivity (Wildman–Crippen MR) is 27.3 cm³/mol. The molecule has 64 valence electrons. The van der Waals surface area contributed by atoms with Crippen LogP contribution in [0.25, 0.3) is 0 Å². The van der Waals surface area contributed by atoms with Gasteiger partial charge in [0.15, 0.2) is 0 Å². The highest BCUT2D eigenvalue weighted by atomic mass is 19.3. The van der Waals surface area contributed by atoms with Gasteiger partial charge < -0.3 is 4.74 Å². The summed E-state index contributed by atoms with van der Waals surface area (Å²) in [6.07, 6.45) is -5.13. The van der Waals surface area contributed by atoms with Crippen molar-refractivity contribution in [3.05, 3.63) is 12.2 Å². The van der Waals surface area contributed by atoms with Crippen LogP contribution in [0, 0.1) is 0 Å². The van der Waals surface area contributed by atoms with Crippen LogP contribution in [-0.4, -0.2) is 19.0 Å². The monoisotopic (exact) mass is 172 g/mol. The van der Waals surface area contributed by atoms with Gasteiger partial charge in [-0.1, -0.05) is 0 Å². The van der Waals surface area contributed by atoms with Crippen molar-refractivity contribution in [1.29, 1.82) is 0 Å². The largest absolute Gasteiger partial charge is 0.457 e. The first-order valence-corrected chi connectivity index (χ1v) is 2.50. The molecule has 0 aromatic heterocycles. The molecule has 0 amide bonds. The van der Waals surface area contributed by atoms with Crippen LogP contribution in [0.2, 0.25) is 0 Å². The summed E-state index contributed by atoms with van der Waals surface area (Å²) < 4.78 is 48.5. The number of hydrogen-bond donors (Lipinski definition) is 0. The first-order chi connectivity index (χ1) is 5.04. The van der Waals surface area contributed by atoms with Crippen LogP contribution in [0.3, 0.4) is 0 Å². The number of ether oxygens (including phenoxy) is 1. The van der Waals surface area contributed by atoms with Gasteiger partial charge in [-0.25, -0.2) is 4.79 Å². The maximum atomic E-state index is 11.3. The SMILES string of the molecule is O=C(OCC=C(F)F)C(F)F. The van der Waals surface area contributed by atoms with Crippen LogP contribution >= 0.6 is 0 Å². The lowest BCUT2D eigenvalue weighted by atomic mass is 10.6. The summed E-state index contributed by atoms with van der Waals surface area (Å²) in [6.45, 7) is -0.828. The van der Waals surface area contributed by atoms with E-state index in [1.54, 1.807) is 0 Å². The molecule has 6 heteroatoms. The van der Waals surface area contributed by atoms with Gasteiger partial charge in [0.05, 0.1) is 0 Å². The zero-order valence-electron chi connectivity index (χ0n) is 5.19. The normalized spacial score (nSPS) is 9.55.